The third-order valence-corrected chi connectivity index (χ3v) is 3.13. The van der Waals surface area contributed by atoms with Gasteiger partial charge in [0.1, 0.15) is 6.61 Å². The van der Waals surface area contributed by atoms with E-state index >= 15 is 0 Å². The number of carbonyl (C=O) groups is 2. The third-order valence-electron chi connectivity index (χ3n) is 3.13. The number of rotatable bonds is 3. The number of ether oxygens (including phenoxy) is 1. The highest BCUT2D eigenvalue weighted by Crippen LogP contribution is 2.29. The molecular weight excluding hydrogens is 198 g/mol. The minimum Gasteiger partial charge on any atom is -0.481 e. The largest absolute Gasteiger partial charge is 0.481 e. The predicted molar refractivity (Wildman–Crippen MR) is 51.5 cm³/mol. The number of nitrogens with zero attached hydrogens (tertiary/aromatic N) is 1. The molecule has 0 radical (unpaired) electrons. The second-order valence-corrected chi connectivity index (χ2v) is 4.17. The molecule has 0 aromatic carbocycles. The van der Waals surface area contributed by atoms with Crippen molar-refractivity contribution in [3.8, 4) is 0 Å². The Morgan fingerprint density at radius 2 is 2.13 bits per heavy atom. The van der Waals surface area contributed by atoms with E-state index in [1.807, 2.05) is 0 Å². The van der Waals surface area contributed by atoms with Crippen molar-refractivity contribution < 1.29 is 19.4 Å². The van der Waals surface area contributed by atoms with Crippen LogP contribution in [0, 0.1) is 0 Å². The molecule has 1 unspecified atom stereocenters. The molecule has 5 heteroatoms. The Hall–Kier alpha value is -1.26. The summed E-state index contributed by atoms with van der Waals surface area (Å²) in [5.41, 5.74) is 0. The summed E-state index contributed by atoms with van der Waals surface area (Å²) in [6.45, 7) is 0.224. The van der Waals surface area contributed by atoms with Crippen LogP contribution in [0.4, 0.5) is 4.79 Å². The van der Waals surface area contributed by atoms with Crippen LogP contribution in [0.1, 0.15) is 32.1 Å². The van der Waals surface area contributed by atoms with Gasteiger partial charge in [-0.2, -0.15) is 0 Å². The monoisotopic (exact) mass is 213 g/mol. The zero-order valence-electron chi connectivity index (χ0n) is 8.52. The van der Waals surface area contributed by atoms with Crippen LogP contribution < -0.4 is 0 Å². The van der Waals surface area contributed by atoms with Gasteiger partial charge in [-0.15, -0.1) is 0 Å². The van der Waals surface area contributed by atoms with E-state index < -0.39 is 5.97 Å². The first-order valence-electron chi connectivity index (χ1n) is 5.35. The Bertz CT molecular complexity index is 273. The maximum Gasteiger partial charge on any atom is 0.410 e. The molecular formula is C10H15NO4. The van der Waals surface area contributed by atoms with E-state index in [0.29, 0.717) is 0 Å². The van der Waals surface area contributed by atoms with E-state index in [4.69, 9.17) is 9.84 Å². The average molecular weight is 213 g/mol. The van der Waals surface area contributed by atoms with Crippen molar-refractivity contribution in [1.29, 1.82) is 0 Å². The van der Waals surface area contributed by atoms with Crippen molar-refractivity contribution in [3.63, 3.8) is 0 Å². The summed E-state index contributed by atoms with van der Waals surface area (Å²) >= 11 is 0. The molecule has 5 nitrogen and oxygen atoms in total. The standard InChI is InChI=1S/C10H15NO4/c12-9(13)5-8-6-15-10(14)11(8)7-3-1-2-4-7/h7-8H,1-6H2,(H,12,13). The first-order chi connectivity index (χ1) is 7.18. The van der Waals surface area contributed by atoms with Crippen molar-refractivity contribution in [1.82, 2.24) is 4.90 Å². The van der Waals surface area contributed by atoms with Crippen LogP contribution in [-0.2, 0) is 9.53 Å². The Kier molecular flexibility index (Phi) is 2.79. The van der Waals surface area contributed by atoms with Gasteiger partial charge in [-0.1, -0.05) is 12.8 Å². The van der Waals surface area contributed by atoms with Crippen LogP contribution in [0.15, 0.2) is 0 Å². The summed E-state index contributed by atoms with van der Waals surface area (Å²) < 4.78 is 4.92. The Morgan fingerprint density at radius 1 is 1.47 bits per heavy atom. The summed E-state index contributed by atoms with van der Waals surface area (Å²) in [5, 5.41) is 8.73. The van der Waals surface area contributed by atoms with Crippen molar-refractivity contribution in [2.75, 3.05) is 6.61 Å². The molecule has 1 N–H and O–H groups in total. The van der Waals surface area contributed by atoms with Crippen LogP contribution in [-0.4, -0.2) is 40.8 Å². The molecule has 1 aliphatic carbocycles. The molecule has 1 saturated heterocycles. The van der Waals surface area contributed by atoms with E-state index in [1.165, 1.54) is 0 Å². The van der Waals surface area contributed by atoms with Gasteiger partial charge in [-0.25, -0.2) is 4.79 Å². The third kappa shape index (κ3) is 2.06. The molecule has 0 aromatic rings. The van der Waals surface area contributed by atoms with Crippen molar-refractivity contribution in [3.05, 3.63) is 0 Å². The lowest BCUT2D eigenvalue weighted by Crippen LogP contribution is -2.41. The molecule has 1 amide bonds. The van der Waals surface area contributed by atoms with Gasteiger partial charge >= 0.3 is 12.1 Å². The smallest absolute Gasteiger partial charge is 0.410 e. The van der Waals surface area contributed by atoms with Gasteiger partial charge < -0.3 is 9.84 Å². The molecule has 0 bridgehead atoms. The molecule has 1 heterocycles. The fraction of sp³-hybridized carbons (Fsp3) is 0.800. The number of hydrogen-bond acceptors (Lipinski definition) is 3. The zero-order chi connectivity index (χ0) is 10.8. The summed E-state index contributed by atoms with van der Waals surface area (Å²) in [6, 6.07) is -0.0672. The molecule has 0 spiro atoms. The molecule has 84 valence electrons. The molecule has 0 aromatic heterocycles. The molecule has 15 heavy (non-hydrogen) atoms. The van der Waals surface area contributed by atoms with E-state index in [1.54, 1.807) is 4.90 Å². The number of amides is 1. The van der Waals surface area contributed by atoms with Gasteiger partial charge in [0.25, 0.3) is 0 Å². The number of hydrogen-bond donors (Lipinski definition) is 1. The zero-order valence-corrected chi connectivity index (χ0v) is 8.52. The van der Waals surface area contributed by atoms with Gasteiger partial charge in [0.2, 0.25) is 0 Å². The predicted octanol–water partition coefficient (Wildman–Crippen LogP) is 1.22. The lowest BCUT2D eigenvalue weighted by atomic mass is 10.1. The summed E-state index contributed by atoms with van der Waals surface area (Å²) in [5.74, 6) is -0.874. The second-order valence-electron chi connectivity index (χ2n) is 4.17. The molecule has 1 atom stereocenters. The van der Waals surface area contributed by atoms with Gasteiger partial charge in [-0.3, -0.25) is 9.69 Å². The maximum absolute atomic E-state index is 11.5. The lowest BCUT2D eigenvalue weighted by molar-refractivity contribution is -0.138. The van der Waals surface area contributed by atoms with Crippen LogP contribution in [0.3, 0.4) is 0 Å². The minimum absolute atomic E-state index is 0.0117. The van der Waals surface area contributed by atoms with Gasteiger partial charge in [0.15, 0.2) is 0 Å². The summed E-state index contributed by atoms with van der Waals surface area (Å²) in [6.07, 6.45) is 3.84. The first-order valence-corrected chi connectivity index (χ1v) is 5.35. The van der Waals surface area contributed by atoms with Crippen molar-refractivity contribution in [2.24, 2.45) is 0 Å². The van der Waals surface area contributed by atoms with Gasteiger partial charge in [-0.05, 0) is 12.8 Å². The van der Waals surface area contributed by atoms with Gasteiger partial charge in [0.05, 0.1) is 12.5 Å². The number of carboxylic acids is 1. The molecule has 1 aliphatic heterocycles. The Balaban J connectivity index is 2.03. The highest BCUT2D eigenvalue weighted by Gasteiger charge is 2.39. The number of carbonyl (C=O) groups excluding carboxylic acids is 1. The fourth-order valence-corrected chi connectivity index (χ4v) is 2.46. The normalized spacial score (nSPS) is 27.1. The van der Waals surface area contributed by atoms with Crippen LogP contribution in [0.25, 0.3) is 0 Å². The average Bonchev–Trinajstić information content (AvgIpc) is 2.74. The maximum atomic E-state index is 11.5. The highest BCUT2D eigenvalue weighted by atomic mass is 16.6. The van der Waals surface area contributed by atoms with Crippen molar-refractivity contribution >= 4 is 12.1 Å². The van der Waals surface area contributed by atoms with E-state index in [2.05, 4.69) is 0 Å². The Labute approximate surface area is 88.0 Å². The number of carboxylic acid groups (broad SMARTS) is 1. The van der Waals surface area contributed by atoms with E-state index in [-0.39, 0.29) is 31.2 Å². The molecule has 2 aliphatic rings. The SMILES string of the molecule is O=C(O)CC1COC(=O)N1C1CCCC1. The van der Waals surface area contributed by atoms with E-state index in [0.717, 1.165) is 25.7 Å². The summed E-state index contributed by atoms with van der Waals surface area (Å²) in [7, 11) is 0. The topological polar surface area (TPSA) is 66.8 Å². The van der Waals surface area contributed by atoms with Crippen LogP contribution >= 0.6 is 0 Å². The van der Waals surface area contributed by atoms with Crippen molar-refractivity contribution in [2.45, 2.75) is 44.2 Å². The minimum atomic E-state index is -0.874. The molecule has 1 saturated carbocycles. The fourth-order valence-electron chi connectivity index (χ4n) is 2.46. The van der Waals surface area contributed by atoms with Gasteiger partial charge in [0, 0.05) is 6.04 Å². The number of cyclic esters (lactones) is 1. The second kappa shape index (κ2) is 4.08. The highest BCUT2D eigenvalue weighted by molar-refractivity contribution is 5.74. The molecule has 2 rings (SSSR count). The first kappa shape index (κ1) is 10.3. The van der Waals surface area contributed by atoms with E-state index in [9.17, 15) is 9.59 Å². The quantitative estimate of drug-likeness (QED) is 0.765. The summed E-state index contributed by atoms with van der Waals surface area (Å²) in [4.78, 5) is 23.7. The Morgan fingerprint density at radius 3 is 2.73 bits per heavy atom. The molecule has 2 fully saturated rings. The number of aliphatic carboxylic acids is 1. The van der Waals surface area contributed by atoms with Crippen LogP contribution in [0.2, 0.25) is 0 Å². The van der Waals surface area contributed by atoms with Crippen LogP contribution in [0.5, 0.6) is 0 Å². The lowest BCUT2D eigenvalue weighted by Gasteiger charge is -2.26.